The van der Waals surface area contributed by atoms with Gasteiger partial charge in [0.15, 0.2) is 11.7 Å². The first kappa shape index (κ1) is 16.3. The van der Waals surface area contributed by atoms with Crippen molar-refractivity contribution in [2.24, 2.45) is 0 Å². The largest absolute Gasteiger partial charge is 0.326 e. The second-order valence-electron chi connectivity index (χ2n) is 6.11. The lowest BCUT2D eigenvalue weighted by Gasteiger charge is -2.17. The second-order valence-corrected chi connectivity index (χ2v) is 7.00. The van der Waals surface area contributed by atoms with Gasteiger partial charge in [-0.1, -0.05) is 13.8 Å². The normalized spacial score (nSPS) is 14.7. The number of aromatic nitrogens is 1. The molecule has 1 amide bonds. The molecule has 0 fully saturated rings. The van der Waals surface area contributed by atoms with E-state index in [0.29, 0.717) is 23.4 Å². The molecule has 0 aliphatic carbocycles. The summed E-state index contributed by atoms with van der Waals surface area (Å²) in [6.45, 7) is 4.06. The number of carbonyl (C=O) groups excluding carboxylic acids is 2. The highest BCUT2D eigenvalue weighted by molar-refractivity contribution is 7.10. The summed E-state index contributed by atoms with van der Waals surface area (Å²) in [4.78, 5) is 28.6. The molecule has 5 nitrogen and oxygen atoms in total. The Labute approximate surface area is 144 Å². The van der Waals surface area contributed by atoms with E-state index in [2.05, 4.69) is 16.4 Å². The maximum Gasteiger partial charge on any atom is 0.224 e. The Morgan fingerprint density at radius 1 is 1.38 bits per heavy atom. The van der Waals surface area contributed by atoms with E-state index in [1.807, 2.05) is 19.2 Å². The van der Waals surface area contributed by atoms with Gasteiger partial charge in [0.05, 0.1) is 11.8 Å². The summed E-state index contributed by atoms with van der Waals surface area (Å²) in [6.07, 6.45) is 1.02. The highest BCUT2D eigenvalue weighted by Gasteiger charge is 2.26. The van der Waals surface area contributed by atoms with Gasteiger partial charge in [-0.3, -0.25) is 9.59 Å². The molecule has 0 bridgehead atoms. The van der Waals surface area contributed by atoms with Crippen LogP contribution in [0.1, 0.15) is 58.7 Å². The molecule has 0 saturated carbocycles. The van der Waals surface area contributed by atoms with Crippen LogP contribution >= 0.6 is 11.3 Å². The summed E-state index contributed by atoms with van der Waals surface area (Å²) in [6, 6.07) is 7.25. The lowest BCUT2D eigenvalue weighted by atomic mass is 9.94. The summed E-state index contributed by atoms with van der Waals surface area (Å²) < 4.78 is 0. The van der Waals surface area contributed by atoms with E-state index < -0.39 is 5.92 Å². The molecule has 0 saturated heterocycles. The van der Waals surface area contributed by atoms with E-state index in [1.54, 1.807) is 18.2 Å². The van der Waals surface area contributed by atoms with Crippen molar-refractivity contribution >= 4 is 28.7 Å². The topological polar surface area (TPSA) is 82.8 Å². The van der Waals surface area contributed by atoms with Gasteiger partial charge < -0.3 is 5.32 Å². The standard InChI is InChI=1S/C18H17N3O2S/c1-10(2)15-9-24-18(21-15)13(8-19)17(23)12-3-5-14-11(7-12)4-6-16(22)20-14/h3,5,7,9-10,13H,4,6H2,1-2H3,(H,20,22)/t13-/m0/s1. The Balaban J connectivity index is 1.89. The first-order valence-electron chi connectivity index (χ1n) is 7.81. The average Bonchev–Trinajstić information content (AvgIpc) is 3.05. The first-order valence-corrected chi connectivity index (χ1v) is 8.69. The molecule has 6 heteroatoms. The minimum absolute atomic E-state index is 0.0134. The van der Waals surface area contributed by atoms with Crippen LogP contribution in [0.5, 0.6) is 0 Å². The van der Waals surface area contributed by atoms with Crippen LogP contribution in [0.25, 0.3) is 0 Å². The van der Waals surface area contributed by atoms with Crippen molar-refractivity contribution in [2.75, 3.05) is 5.32 Å². The minimum atomic E-state index is -0.890. The molecule has 0 unspecified atom stereocenters. The lowest BCUT2D eigenvalue weighted by molar-refractivity contribution is -0.116. The molecule has 122 valence electrons. The zero-order valence-corrected chi connectivity index (χ0v) is 14.3. The van der Waals surface area contributed by atoms with Crippen molar-refractivity contribution in [1.29, 1.82) is 5.26 Å². The number of nitriles is 1. The maximum atomic E-state index is 12.8. The molecule has 3 rings (SSSR count). The van der Waals surface area contributed by atoms with Crippen LogP contribution < -0.4 is 5.32 Å². The molecule has 0 radical (unpaired) electrons. The number of ketones is 1. The highest BCUT2D eigenvalue weighted by atomic mass is 32.1. The highest BCUT2D eigenvalue weighted by Crippen LogP contribution is 2.29. The average molecular weight is 339 g/mol. The van der Waals surface area contributed by atoms with Gasteiger partial charge in [0.1, 0.15) is 5.01 Å². The van der Waals surface area contributed by atoms with E-state index in [9.17, 15) is 14.9 Å². The number of Topliss-reactive ketones (excluding diaryl/α,β-unsaturated/α-hetero) is 1. The molecular weight excluding hydrogens is 322 g/mol. The Morgan fingerprint density at radius 2 is 2.17 bits per heavy atom. The lowest BCUT2D eigenvalue weighted by Crippen LogP contribution is -2.20. The van der Waals surface area contributed by atoms with Crippen LogP contribution in [0.3, 0.4) is 0 Å². The fraction of sp³-hybridized carbons (Fsp3) is 0.333. The quantitative estimate of drug-likeness (QED) is 0.862. The monoisotopic (exact) mass is 339 g/mol. The summed E-state index contributed by atoms with van der Waals surface area (Å²) in [7, 11) is 0. The molecule has 1 atom stereocenters. The molecule has 2 heterocycles. The smallest absolute Gasteiger partial charge is 0.224 e. The van der Waals surface area contributed by atoms with Crippen LogP contribution in [0.4, 0.5) is 5.69 Å². The van der Waals surface area contributed by atoms with E-state index >= 15 is 0 Å². The summed E-state index contributed by atoms with van der Waals surface area (Å²) >= 11 is 1.35. The number of nitrogens with zero attached hydrogens (tertiary/aromatic N) is 2. The molecule has 1 N–H and O–H groups in total. The summed E-state index contributed by atoms with van der Waals surface area (Å²) in [5.41, 5.74) is 3.06. The van der Waals surface area contributed by atoms with Gasteiger partial charge >= 0.3 is 0 Å². The van der Waals surface area contributed by atoms with Crippen molar-refractivity contribution in [1.82, 2.24) is 4.98 Å². The third kappa shape index (κ3) is 3.08. The van der Waals surface area contributed by atoms with Crippen LogP contribution in [0.15, 0.2) is 23.6 Å². The van der Waals surface area contributed by atoms with Gasteiger partial charge in [-0.15, -0.1) is 11.3 Å². The number of fused-ring (bicyclic) bond motifs is 1. The molecule has 1 aromatic heterocycles. The second kappa shape index (κ2) is 6.54. The van der Waals surface area contributed by atoms with E-state index in [-0.39, 0.29) is 17.6 Å². The van der Waals surface area contributed by atoms with Gasteiger partial charge in [-0.25, -0.2) is 4.98 Å². The number of hydrogen-bond donors (Lipinski definition) is 1. The van der Waals surface area contributed by atoms with Gasteiger partial charge in [0.25, 0.3) is 0 Å². The summed E-state index contributed by atoms with van der Waals surface area (Å²) in [5, 5.41) is 14.7. The first-order chi connectivity index (χ1) is 11.5. The third-order valence-electron chi connectivity index (χ3n) is 4.05. The number of thiazole rings is 1. The predicted molar refractivity (Wildman–Crippen MR) is 92.3 cm³/mol. The maximum absolute atomic E-state index is 12.8. The molecule has 1 aliphatic rings. The van der Waals surface area contributed by atoms with Gasteiger partial charge in [0, 0.05) is 23.1 Å². The van der Waals surface area contributed by atoms with E-state index in [4.69, 9.17) is 0 Å². The van der Waals surface area contributed by atoms with Crippen LogP contribution in [0, 0.1) is 11.3 Å². The molecule has 24 heavy (non-hydrogen) atoms. The van der Waals surface area contributed by atoms with Crippen molar-refractivity contribution in [2.45, 2.75) is 38.5 Å². The van der Waals surface area contributed by atoms with E-state index in [0.717, 1.165) is 16.9 Å². The molecule has 1 aliphatic heterocycles. The molecular formula is C18H17N3O2S. The minimum Gasteiger partial charge on any atom is -0.326 e. The fourth-order valence-corrected chi connectivity index (χ4v) is 3.65. The van der Waals surface area contributed by atoms with Crippen LogP contribution in [-0.4, -0.2) is 16.7 Å². The number of aryl methyl sites for hydroxylation is 1. The fourth-order valence-electron chi connectivity index (χ4n) is 2.63. The molecule has 1 aromatic carbocycles. The number of amides is 1. The van der Waals surface area contributed by atoms with Crippen LogP contribution in [0.2, 0.25) is 0 Å². The molecule has 2 aromatic rings. The molecule has 0 spiro atoms. The summed E-state index contributed by atoms with van der Waals surface area (Å²) in [5.74, 6) is -0.891. The zero-order valence-electron chi connectivity index (χ0n) is 13.5. The number of rotatable bonds is 4. The van der Waals surface area contributed by atoms with Crippen molar-refractivity contribution in [3.63, 3.8) is 0 Å². The van der Waals surface area contributed by atoms with Crippen molar-refractivity contribution < 1.29 is 9.59 Å². The SMILES string of the molecule is CC(C)c1csc([C@@H](C#N)C(=O)c2ccc3c(c2)CCC(=O)N3)n1. The number of carbonyl (C=O) groups is 2. The van der Waals surface area contributed by atoms with Crippen molar-refractivity contribution in [3.05, 3.63) is 45.4 Å². The Morgan fingerprint density at radius 3 is 2.83 bits per heavy atom. The zero-order chi connectivity index (χ0) is 17.3. The Kier molecular flexibility index (Phi) is 4.45. The van der Waals surface area contributed by atoms with E-state index in [1.165, 1.54) is 11.3 Å². The number of anilines is 1. The Hall–Kier alpha value is -2.52. The van der Waals surface area contributed by atoms with Crippen molar-refractivity contribution in [3.8, 4) is 6.07 Å². The predicted octanol–water partition coefficient (Wildman–Crippen LogP) is 3.64. The third-order valence-corrected chi connectivity index (χ3v) is 4.98. The number of nitrogens with one attached hydrogen (secondary N) is 1. The Bertz CT molecular complexity index is 848. The van der Waals surface area contributed by atoms with Gasteiger partial charge in [-0.05, 0) is 36.1 Å². The van der Waals surface area contributed by atoms with Crippen LogP contribution in [-0.2, 0) is 11.2 Å². The number of hydrogen-bond acceptors (Lipinski definition) is 5. The van der Waals surface area contributed by atoms with Gasteiger partial charge in [-0.2, -0.15) is 5.26 Å². The van der Waals surface area contributed by atoms with Gasteiger partial charge in [0.2, 0.25) is 5.91 Å². The number of benzene rings is 1.